The number of methoxy groups -OCH3 is 1. The molecule has 0 amide bonds. The van der Waals surface area contributed by atoms with Gasteiger partial charge in [-0.1, -0.05) is 12.1 Å². The number of phenolic OH excluding ortho intramolecular Hbond substituents is 1. The Morgan fingerprint density at radius 1 is 1.30 bits per heavy atom. The first kappa shape index (κ1) is 17.4. The van der Waals surface area contributed by atoms with Gasteiger partial charge in [0.25, 0.3) is 0 Å². The molecule has 6 nitrogen and oxygen atoms in total. The summed E-state index contributed by atoms with van der Waals surface area (Å²) in [5.74, 6) is 1.28. The summed E-state index contributed by atoms with van der Waals surface area (Å²) in [6.07, 6.45) is 1.20. The Balaban J connectivity index is 1.84. The summed E-state index contributed by atoms with van der Waals surface area (Å²) in [4.78, 5) is 8.84. The van der Waals surface area contributed by atoms with Gasteiger partial charge in [-0.05, 0) is 25.5 Å². The highest BCUT2D eigenvalue weighted by Gasteiger charge is 2.21. The van der Waals surface area contributed by atoms with Gasteiger partial charge in [0.05, 0.1) is 11.8 Å². The zero-order valence-corrected chi connectivity index (χ0v) is 14.3. The maximum absolute atomic E-state index is 9.97. The SMILES string of the molecule is CN=C(NCC[C@H](C)OC)N1CCN(c2ccccc2O)CC1. The van der Waals surface area contributed by atoms with Crippen molar-refractivity contribution in [3.63, 3.8) is 0 Å². The Bertz CT molecular complexity index is 513. The third kappa shape index (κ3) is 4.76. The number of aromatic hydroxyl groups is 1. The summed E-state index contributed by atoms with van der Waals surface area (Å²) >= 11 is 0. The molecule has 0 aromatic heterocycles. The van der Waals surface area contributed by atoms with Crippen LogP contribution in [0, 0.1) is 0 Å². The molecule has 2 rings (SSSR count). The Kier molecular flexibility index (Phi) is 6.52. The molecule has 0 bridgehead atoms. The van der Waals surface area contributed by atoms with Crippen LogP contribution in [0.2, 0.25) is 0 Å². The van der Waals surface area contributed by atoms with Gasteiger partial charge in [-0.15, -0.1) is 0 Å². The van der Waals surface area contributed by atoms with Crippen LogP contribution in [0.15, 0.2) is 29.3 Å². The van der Waals surface area contributed by atoms with Crippen LogP contribution in [-0.2, 0) is 4.74 Å². The van der Waals surface area contributed by atoms with E-state index in [0.717, 1.165) is 50.8 Å². The van der Waals surface area contributed by atoms with Gasteiger partial charge in [-0.2, -0.15) is 0 Å². The predicted octanol–water partition coefficient (Wildman–Crippen LogP) is 1.51. The quantitative estimate of drug-likeness (QED) is 0.636. The molecular formula is C17H28N4O2. The topological polar surface area (TPSA) is 60.3 Å². The Hall–Kier alpha value is -1.95. The van der Waals surface area contributed by atoms with Crippen molar-refractivity contribution < 1.29 is 9.84 Å². The van der Waals surface area contributed by atoms with E-state index in [2.05, 4.69) is 27.0 Å². The fourth-order valence-electron chi connectivity index (χ4n) is 2.73. The molecular weight excluding hydrogens is 292 g/mol. The van der Waals surface area contributed by atoms with E-state index in [9.17, 15) is 5.11 Å². The van der Waals surface area contributed by atoms with Crippen molar-refractivity contribution in [1.29, 1.82) is 0 Å². The van der Waals surface area contributed by atoms with Crippen LogP contribution in [0.3, 0.4) is 0 Å². The van der Waals surface area contributed by atoms with Crippen molar-refractivity contribution in [2.45, 2.75) is 19.4 Å². The van der Waals surface area contributed by atoms with Crippen LogP contribution >= 0.6 is 0 Å². The van der Waals surface area contributed by atoms with Gasteiger partial charge >= 0.3 is 0 Å². The van der Waals surface area contributed by atoms with Crippen LogP contribution in [0.25, 0.3) is 0 Å². The summed E-state index contributed by atoms with van der Waals surface area (Å²) in [7, 11) is 3.55. The highest BCUT2D eigenvalue weighted by molar-refractivity contribution is 5.80. The number of piperazine rings is 1. The van der Waals surface area contributed by atoms with E-state index < -0.39 is 0 Å². The van der Waals surface area contributed by atoms with E-state index >= 15 is 0 Å². The van der Waals surface area contributed by atoms with Gasteiger partial charge in [0.2, 0.25) is 0 Å². The fraction of sp³-hybridized carbons (Fsp3) is 0.588. The van der Waals surface area contributed by atoms with E-state index in [-0.39, 0.29) is 6.10 Å². The highest BCUT2D eigenvalue weighted by Crippen LogP contribution is 2.27. The number of aliphatic imine (C=N–C) groups is 1. The number of phenols is 1. The first-order valence-electron chi connectivity index (χ1n) is 8.17. The van der Waals surface area contributed by atoms with Gasteiger partial charge < -0.3 is 25.0 Å². The summed E-state index contributed by atoms with van der Waals surface area (Å²) in [6.45, 7) is 6.41. The second-order valence-corrected chi connectivity index (χ2v) is 5.77. The number of hydrogen-bond acceptors (Lipinski definition) is 4. The minimum atomic E-state index is 0.249. The van der Waals surface area contributed by atoms with Gasteiger partial charge in [0.1, 0.15) is 5.75 Å². The minimum absolute atomic E-state index is 0.249. The van der Waals surface area contributed by atoms with Crippen molar-refractivity contribution in [1.82, 2.24) is 10.2 Å². The second-order valence-electron chi connectivity index (χ2n) is 5.77. The molecule has 1 aromatic carbocycles. The standard InChI is InChI=1S/C17H28N4O2/c1-14(23-3)8-9-19-17(18-2)21-12-10-20(11-13-21)15-6-4-5-7-16(15)22/h4-7,14,22H,8-13H2,1-3H3,(H,18,19)/t14-/m0/s1. The third-order valence-electron chi connectivity index (χ3n) is 4.25. The molecule has 1 aliphatic heterocycles. The van der Waals surface area contributed by atoms with Crippen LogP contribution in [0.1, 0.15) is 13.3 Å². The molecule has 0 spiro atoms. The number of hydrogen-bond donors (Lipinski definition) is 2. The van der Waals surface area contributed by atoms with Crippen LogP contribution in [0.5, 0.6) is 5.75 Å². The maximum Gasteiger partial charge on any atom is 0.193 e. The summed E-state index contributed by atoms with van der Waals surface area (Å²) in [6, 6.07) is 7.50. The molecule has 1 atom stereocenters. The normalized spacial score (nSPS) is 17.3. The molecule has 1 saturated heterocycles. The Labute approximate surface area is 138 Å². The average Bonchev–Trinajstić information content (AvgIpc) is 2.59. The molecule has 23 heavy (non-hydrogen) atoms. The molecule has 6 heteroatoms. The number of para-hydroxylation sites is 2. The number of guanidine groups is 1. The van der Waals surface area contributed by atoms with E-state index in [1.165, 1.54) is 0 Å². The highest BCUT2D eigenvalue weighted by atomic mass is 16.5. The van der Waals surface area contributed by atoms with Gasteiger partial charge in [-0.25, -0.2) is 0 Å². The molecule has 128 valence electrons. The zero-order valence-electron chi connectivity index (χ0n) is 14.3. The third-order valence-corrected chi connectivity index (χ3v) is 4.25. The molecule has 1 aromatic rings. The van der Waals surface area contributed by atoms with E-state index in [0.29, 0.717) is 5.75 Å². The summed E-state index contributed by atoms with van der Waals surface area (Å²) in [5.41, 5.74) is 0.906. The van der Waals surface area contributed by atoms with E-state index in [1.807, 2.05) is 25.2 Å². The Morgan fingerprint density at radius 2 is 2.00 bits per heavy atom. The predicted molar refractivity (Wildman–Crippen MR) is 94.3 cm³/mol. The number of rotatable bonds is 5. The monoisotopic (exact) mass is 320 g/mol. The van der Waals surface area contributed by atoms with Crippen LogP contribution < -0.4 is 10.2 Å². The lowest BCUT2D eigenvalue weighted by molar-refractivity contribution is 0.112. The lowest BCUT2D eigenvalue weighted by Crippen LogP contribution is -2.52. The lowest BCUT2D eigenvalue weighted by Gasteiger charge is -2.37. The second kappa shape index (κ2) is 8.62. The first-order chi connectivity index (χ1) is 11.2. The molecule has 0 saturated carbocycles. The number of ether oxygens (including phenoxy) is 1. The van der Waals surface area contributed by atoms with Crippen molar-refractivity contribution >= 4 is 11.6 Å². The molecule has 1 aliphatic rings. The average molecular weight is 320 g/mol. The largest absolute Gasteiger partial charge is 0.506 e. The van der Waals surface area contributed by atoms with Crippen LogP contribution in [0.4, 0.5) is 5.69 Å². The molecule has 1 heterocycles. The first-order valence-corrected chi connectivity index (χ1v) is 8.17. The lowest BCUT2D eigenvalue weighted by atomic mass is 10.2. The fourth-order valence-corrected chi connectivity index (χ4v) is 2.73. The summed E-state index contributed by atoms with van der Waals surface area (Å²) in [5, 5.41) is 13.4. The van der Waals surface area contributed by atoms with Gasteiger partial charge in [0, 0.05) is 46.9 Å². The molecule has 0 aliphatic carbocycles. The van der Waals surface area contributed by atoms with Crippen molar-refractivity contribution in [2.24, 2.45) is 4.99 Å². The summed E-state index contributed by atoms with van der Waals surface area (Å²) < 4.78 is 5.26. The number of nitrogens with zero attached hydrogens (tertiary/aromatic N) is 3. The van der Waals surface area contributed by atoms with Crippen molar-refractivity contribution in [2.75, 3.05) is 51.8 Å². The molecule has 0 radical (unpaired) electrons. The van der Waals surface area contributed by atoms with Gasteiger partial charge in [0.15, 0.2) is 5.96 Å². The van der Waals surface area contributed by atoms with Crippen LogP contribution in [-0.4, -0.2) is 69.0 Å². The van der Waals surface area contributed by atoms with Crippen molar-refractivity contribution in [3.05, 3.63) is 24.3 Å². The molecule has 1 fully saturated rings. The number of nitrogens with one attached hydrogen (secondary N) is 1. The minimum Gasteiger partial charge on any atom is -0.506 e. The Morgan fingerprint density at radius 3 is 2.61 bits per heavy atom. The number of benzene rings is 1. The number of anilines is 1. The zero-order chi connectivity index (χ0) is 16.7. The van der Waals surface area contributed by atoms with E-state index in [1.54, 1.807) is 13.2 Å². The molecule has 0 unspecified atom stereocenters. The molecule has 2 N–H and O–H groups in total. The van der Waals surface area contributed by atoms with Gasteiger partial charge in [-0.3, -0.25) is 4.99 Å². The van der Waals surface area contributed by atoms with Crippen molar-refractivity contribution in [3.8, 4) is 5.75 Å². The maximum atomic E-state index is 9.97. The van der Waals surface area contributed by atoms with E-state index in [4.69, 9.17) is 4.74 Å². The smallest absolute Gasteiger partial charge is 0.193 e.